The minimum atomic E-state index is -0.777. The highest BCUT2D eigenvalue weighted by molar-refractivity contribution is 8.00. The van der Waals surface area contributed by atoms with Crippen LogP contribution in [0.15, 0.2) is 0 Å². The first-order valence-corrected chi connectivity index (χ1v) is 9.43. The van der Waals surface area contributed by atoms with Gasteiger partial charge in [0.25, 0.3) is 0 Å². The Morgan fingerprint density at radius 1 is 1.29 bits per heavy atom. The van der Waals surface area contributed by atoms with Gasteiger partial charge in [0.05, 0.1) is 5.75 Å². The van der Waals surface area contributed by atoms with E-state index < -0.39 is 11.9 Å². The highest BCUT2D eigenvalue weighted by Gasteiger charge is 2.18. The van der Waals surface area contributed by atoms with E-state index in [9.17, 15) is 9.59 Å². The summed E-state index contributed by atoms with van der Waals surface area (Å²) >= 11 is 2.77. The standard InChI is InChI=1S/C13H26N2O4S2/c1-3-15(9-11(20-2)13(18)19)7-4-5-14-6-8-21-10-12(16)17/h11,14H,3-10H2,1-2H3,(H,16,17)(H,18,19). The molecule has 0 amide bonds. The van der Waals surface area contributed by atoms with E-state index in [2.05, 4.69) is 10.2 Å². The Morgan fingerprint density at radius 3 is 2.52 bits per heavy atom. The number of thioether (sulfide) groups is 2. The molecule has 8 heteroatoms. The summed E-state index contributed by atoms with van der Waals surface area (Å²) in [5.41, 5.74) is 0. The van der Waals surface area contributed by atoms with Gasteiger partial charge >= 0.3 is 11.9 Å². The number of rotatable bonds is 14. The first-order valence-electron chi connectivity index (χ1n) is 6.99. The van der Waals surface area contributed by atoms with Crippen LogP contribution in [-0.4, -0.2) is 82.8 Å². The van der Waals surface area contributed by atoms with Crippen molar-refractivity contribution < 1.29 is 19.8 Å². The first-order chi connectivity index (χ1) is 10.0. The smallest absolute Gasteiger partial charge is 0.317 e. The summed E-state index contributed by atoms with van der Waals surface area (Å²) in [7, 11) is 0. The molecule has 0 spiro atoms. The van der Waals surface area contributed by atoms with Gasteiger partial charge in [0, 0.05) is 18.8 Å². The Kier molecular flexibility index (Phi) is 13.0. The number of hydrogen-bond donors (Lipinski definition) is 3. The van der Waals surface area contributed by atoms with E-state index in [4.69, 9.17) is 10.2 Å². The second kappa shape index (κ2) is 13.2. The van der Waals surface area contributed by atoms with Crippen molar-refractivity contribution in [2.45, 2.75) is 18.6 Å². The molecule has 1 unspecified atom stereocenters. The fraction of sp³-hybridized carbons (Fsp3) is 0.846. The fourth-order valence-corrected chi connectivity index (χ4v) is 2.89. The van der Waals surface area contributed by atoms with Crippen LogP contribution in [0.1, 0.15) is 13.3 Å². The summed E-state index contributed by atoms with van der Waals surface area (Å²) in [6.45, 7) is 5.99. The molecule has 0 saturated carbocycles. The van der Waals surface area contributed by atoms with Crippen molar-refractivity contribution in [3.8, 4) is 0 Å². The van der Waals surface area contributed by atoms with Crippen LogP contribution in [0.2, 0.25) is 0 Å². The first kappa shape index (κ1) is 20.6. The average Bonchev–Trinajstić information content (AvgIpc) is 2.44. The summed E-state index contributed by atoms with van der Waals surface area (Å²) in [5, 5.41) is 20.4. The lowest BCUT2D eigenvalue weighted by molar-refractivity contribution is -0.137. The second-order valence-electron chi connectivity index (χ2n) is 4.51. The van der Waals surface area contributed by atoms with Crippen LogP contribution in [0, 0.1) is 0 Å². The topological polar surface area (TPSA) is 89.9 Å². The monoisotopic (exact) mass is 338 g/mol. The Morgan fingerprint density at radius 2 is 2.00 bits per heavy atom. The lowest BCUT2D eigenvalue weighted by Gasteiger charge is -2.23. The van der Waals surface area contributed by atoms with Gasteiger partial charge in [-0.3, -0.25) is 9.59 Å². The molecule has 21 heavy (non-hydrogen) atoms. The minimum Gasteiger partial charge on any atom is -0.481 e. The van der Waals surface area contributed by atoms with Gasteiger partial charge in [-0.15, -0.1) is 23.5 Å². The number of aliphatic carboxylic acids is 2. The third kappa shape index (κ3) is 11.9. The Bertz CT molecular complexity index is 306. The lowest BCUT2D eigenvalue weighted by Crippen LogP contribution is -2.36. The number of hydrogen-bond acceptors (Lipinski definition) is 6. The molecule has 0 aliphatic heterocycles. The third-order valence-electron chi connectivity index (χ3n) is 2.91. The molecule has 0 radical (unpaired) electrons. The largest absolute Gasteiger partial charge is 0.481 e. The zero-order valence-electron chi connectivity index (χ0n) is 12.7. The van der Waals surface area contributed by atoms with Gasteiger partial charge in [0.2, 0.25) is 0 Å². The maximum atomic E-state index is 11.0. The lowest BCUT2D eigenvalue weighted by atomic mass is 10.3. The fourth-order valence-electron chi connectivity index (χ4n) is 1.72. The molecular formula is C13H26N2O4S2. The van der Waals surface area contributed by atoms with Crippen LogP contribution in [0.4, 0.5) is 0 Å². The Labute approximate surface area is 135 Å². The molecule has 6 nitrogen and oxygen atoms in total. The van der Waals surface area contributed by atoms with Crippen molar-refractivity contribution in [2.24, 2.45) is 0 Å². The molecule has 0 aromatic rings. The Balaban J connectivity index is 3.63. The van der Waals surface area contributed by atoms with Crippen LogP contribution in [0.25, 0.3) is 0 Å². The zero-order chi connectivity index (χ0) is 16.1. The molecule has 0 bridgehead atoms. The van der Waals surface area contributed by atoms with Crippen LogP contribution >= 0.6 is 23.5 Å². The SMILES string of the molecule is CCN(CCCNCCSCC(=O)O)CC(SC)C(=O)O. The minimum absolute atomic E-state index is 0.149. The van der Waals surface area contributed by atoms with E-state index in [1.165, 1.54) is 23.5 Å². The van der Waals surface area contributed by atoms with Gasteiger partial charge in [-0.25, -0.2) is 0 Å². The molecule has 0 rings (SSSR count). The molecular weight excluding hydrogens is 312 g/mol. The van der Waals surface area contributed by atoms with Gasteiger partial charge in [0.15, 0.2) is 0 Å². The molecule has 0 fully saturated rings. The predicted octanol–water partition coefficient (Wildman–Crippen LogP) is 0.922. The van der Waals surface area contributed by atoms with Crippen molar-refractivity contribution in [3.05, 3.63) is 0 Å². The molecule has 0 aliphatic carbocycles. The van der Waals surface area contributed by atoms with Crippen molar-refractivity contribution in [1.82, 2.24) is 10.2 Å². The third-order valence-corrected chi connectivity index (χ3v) is 4.77. The summed E-state index contributed by atoms with van der Waals surface area (Å²) in [6, 6.07) is 0. The van der Waals surface area contributed by atoms with E-state index in [-0.39, 0.29) is 11.0 Å². The number of carboxylic acids is 2. The van der Waals surface area contributed by atoms with Crippen LogP contribution in [0.3, 0.4) is 0 Å². The van der Waals surface area contributed by atoms with Gasteiger partial charge < -0.3 is 20.4 Å². The normalized spacial score (nSPS) is 12.5. The van der Waals surface area contributed by atoms with E-state index in [0.717, 1.165) is 38.4 Å². The average molecular weight is 338 g/mol. The summed E-state index contributed by atoms with van der Waals surface area (Å²) in [4.78, 5) is 23.5. The van der Waals surface area contributed by atoms with Crippen molar-refractivity contribution in [2.75, 3.05) is 50.5 Å². The van der Waals surface area contributed by atoms with Crippen LogP contribution in [0.5, 0.6) is 0 Å². The second-order valence-corrected chi connectivity index (χ2v) is 6.65. The van der Waals surface area contributed by atoms with E-state index in [0.29, 0.717) is 6.54 Å². The highest BCUT2D eigenvalue weighted by atomic mass is 32.2. The van der Waals surface area contributed by atoms with Gasteiger partial charge in [-0.1, -0.05) is 6.92 Å². The summed E-state index contributed by atoms with van der Waals surface area (Å²) in [5.74, 6) is -0.594. The van der Waals surface area contributed by atoms with E-state index in [1.54, 1.807) is 0 Å². The summed E-state index contributed by atoms with van der Waals surface area (Å²) in [6.07, 6.45) is 2.78. The molecule has 0 aliphatic rings. The molecule has 3 N–H and O–H groups in total. The maximum Gasteiger partial charge on any atom is 0.317 e. The van der Waals surface area contributed by atoms with Gasteiger partial charge in [0.1, 0.15) is 5.25 Å². The van der Waals surface area contributed by atoms with E-state index in [1.807, 2.05) is 13.2 Å². The van der Waals surface area contributed by atoms with Gasteiger partial charge in [-0.05, 0) is 32.3 Å². The molecule has 0 heterocycles. The van der Waals surface area contributed by atoms with Crippen molar-refractivity contribution >= 4 is 35.5 Å². The number of carbonyl (C=O) groups is 2. The number of nitrogens with zero attached hydrogens (tertiary/aromatic N) is 1. The highest BCUT2D eigenvalue weighted by Crippen LogP contribution is 2.09. The quantitative estimate of drug-likeness (QED) is 0.403. The number of carboxylic acid groups (broad SMARTS) is 2. The van der Waals surface area contributed by atoms with Crippen LogP contribution in [-0.2, 0) is 9.59 Å². The van der Waals surface area contributed by atoms with Gasteiger partial charge in [-0.2, -0.15) is 0 Å². The Hall–Kier alpha value is -0.440. The number of nitrogens with one attached hydrogen (secondary N) is 1. The predicted molar refractivity (Wildman–Crippen MR) is 89.5 cm³/mol. The van der Waals surface area contributed by atoms with Crippen molar-refractivity contribution in [1.29, 1.82) is 0 Å². The zero-order valence-corrected chi connectivity index (χ0v) is 14.3. The maximum absolute atomic E-state index is 11.0. The molecule has 124 valence electrons. The molecule has 0 saturated heterocycles. The molecule has 0 aromatic carbocycles. The van der Waals surface area contributed by atoms with E-state index >= 15 is 0 Å². The molecule has 1 atom stereocenters. The summed E-state index contributed by atoms with van der Waals surface area (Å²) < 4.78 is 0. The van der Waals surface area contributed by atoms with Crippen molar-refractivity contribution in [3.63, 3.8) is 0 Å². The van der Waals surface area contributed by atoms with Crippen LogP contribution < -0.4 is 5.32 Å². The molecule has 0 aromatic heterocycles.